The molecule has 1 aliphatic rings. The summed E-state index contributed by atoms with van der Waals surface area (Å²) in [6.07, 6.45) is 3.56. The van der Waals surface area contributed by atoms with Gasteiger partial charge < -0.3 is 20.3 Å². The number of alkyl carbamates (subject to hydrolysis) is 1. The molecule has 1 saturated carbocycles. The van der Waals surface area contributed by atoms with E-state index in [0.717, 1.165) is 31.2 Å². The lowest BCUT2D eigenvalue weighted by molar-refractivity contribution is -0.121. The van der Waals surface area contributed by atoms with E-state index < -0.39 is 6.09 Å². The molecule has 0 atom stereocenters. The van der Waals surface area contributed by atoms with E-state index in [4.69, 9.17) is 4.74 Å². The SMILES string of the molecule is CC(C)N(C)[C@H]1CC[C@@H](NC(=O)CNC(=O)OCc2ccccc2)CC1. The van der Waals surface area contributed by atoms with Crippen molar-refractivity contribution in [1.29, 1.82) is 0 Å². The van der Waals surface area contributed by atoms with Crippen molar-refractivity contribution in [3.8, 4) is 0 Å². The summed E-state index contributed by atoms with van der Waals surface area (Å²) in [7, 11) is 2.17. The van der Waals surface area contributed by atoms with Gasteiger partial charge in [0.25, 0.3) is 0 Å². The smallest absolute Gasteiger partial charge is 0.407 e. The normalized spacial score (nSPS) is 20.0. The third kappa shape index (κ3) is 6.67. The monoisotopic (exact) mass is 361 g/mol. The summed E-state index contributed by atoms with van der Waals surface area (Å²) in [5, 5.41) is 5.51. The fraction of sp³-hybridized carbons (Fsp3) is 0.600. The van der Waals surface area contributed by atoms with Crippen molar-refractivity contribution in [2.75, 3.05) is 13.6 Å². The Labute approximate surface area is 156 Å². The molecule has 0 spiro atoms. The first kappa shape index (κ1) is 20.2. The van der Waals surface area contributed by atoms with Crippen molar-refractivity contribution in [3.05, 3.63) is 35.9 Å². The Morgan fingerprint density at radius 2 is 1.81 bits per heavy atom. The Bertz CT molecular complexity index is 569. The summed E-state index contributed by atoms with van der Waals surface area (Å²) < 4.78 is 5.10. The third-order valence-electron chi connectivity index (χ3n) is 5.06. The number of nitrogens with one attached hydrogen (secondary N) is 2. The second-order valence-electron chi connectivity index (χ2n) is 7.25. The molecular weight excluding hydrogens is 330 g/mol. The molecule has 26 heavy (non-hydrogen) atoms. The van der Waals surface area contributed by atoms with E-state index >= 15 is 0 Å². The molecule has 0 unspecified atom stereocenters. The molecule has 6 heteroatoms. The van der Waals surface area contributed by atoms with Gasteiger partial charge in [0.1, 0.15) is 13.2 Å². The minimum Gasteiger partial charge on any atom is -0.445 e. The van der Waals surface area contributed by atoms with Crippen LogP contribution in [-0.4, -0.2) is 48.6 Å². The average molecular weight is 361 g/mol. The second kappa shape index (κ2) is 10.2. The van der Waals surface area contributed by atoms with Crippen LogP contribution in [0.4, 0.5) is 4.79 Å². The van der Waals surface area contributed by atoms with Gasteiger partial charge >= 0.3 is 6.09 Å². The molecule has 144 valence electrons. The van der Waals surface area contributed by atoms with Gasteiger partial charge in [0.05, 0.1) is 0 Å². The van der Waals surface area contributed by atoms with Gasteiger partial charge in [0.15, 0.2) is 0 Å². The van der Waals surface area contributed by atoms with E-state index in [2.05, 4.69) is 36.4 Å². The van der Waals surface area contributed by atoms with Crippen LogP contribution in [0.25, 0.3) is 0 Å². The standard InChI is InChI=1S/C20H31N3O3/c1-15(2)23(3)18-11-9-17(10-12-18)22-19(24)13-21-20(25)26-14-16-7-5-4-6-8-16/h4-8,15,17-18H,9-14H2,1-3H3,(H,21,25)(H,22,24)/t17-,18+. The first-order valence-corrected chi connectivity index (χ1v) is 9.41. The first-order chi connectivity index (χ1) is 12.5. The van der Waals surface area contributed by atoms with Crippen LogP contribution in [0.2, 0.25) is 0 Å². The van der Waals surface area contributed by atoms with E-state index in [9.17, 15) is 9.59 Å². The van der Waals surface area contributed by atoms with Crippen LogP contribution in [0.1, 0.15) is 45.1 Å². The molecule has 6 nitrogen and oxygen atoms in total. The molecule has 2 rings (SSSR count). The lowest BCUT2D eigenvalue weighted by atomic mass is 9.90. The van der Waals surface area contributed by atoms with E-state index in [1.807, 2.05) is 30.3 Å². The summed E-state index contributed by atoms with van der Waals surface area (Å²) >= 11 is 0. The number of hydrogen-bond acceptors (Lipinski definition) is 4. The van der Waals surface area contributed by atoms with Crippen LogP contribution in [0.5, 0.6) is 0 Å². The molecule has 0 bridgehead atoms. The highest BCUT2D eigenvalue weighted by atomic mass is 16.5. The van der Waals surface area contributed by atoms with Crippen LogP contribution in [0.3, 0.4) is 0 Å². The lowest BCUT2D eigenvalue weighted by Gasteiger charge is -2.37. The predicted molar refractivity (Wildman–Crippen MR) is 102 cm³/mol. The van der Waals surface area contributed by atoms with Gasteiger partial charge in [-0.3, -0.25) is 4.79 Å². The second-order valence-corrected chi connectivity index (χ2v) is 7.25. The summed E-state index contributed by atoms with van der Waals surface area (Å²) in [6, 6.07) is 10.8. The van der Waals surface area contributed by atoms with Gasteiger partial charge in [-0.1, -0.05) is 30.3 Å². The van der Waals surface area contributed by atoms with Crippen molar-refractivity contribution in [3.63, 3.8) is 0 Å². The molecule has 0 aromatic heterocycles. The van der Waals surface area contributed by atoms with Crippen molar-refractivity contribution >= 4 is 12.0 Å². The molecule has 1 aromatic rings. The maximum absolute atomic E-state index is 12.0. The van der Waals surface area contributed by atoms with Crippen molar-refractivity contribution in [1.82, 2.24) is 15.5 Å². The Balaban J connectivity index is 1.61. The molecule has 2 N–H and O–H groups in total. The molecule has 0 saturated heterocycles. The number of amides is 2. The van der Waals surface area contributed by atoms with Gasteiger partial charge in [-0.25, -0.2) is 4.79 Å². The van der Waals surface area contributed by atoms with Gasteiger partial charge in [0, 0.05) is 18.1 Å². The number of ether oxygens (including phenoxy) is 1. The predicted octanol–water partition coefficient (Wildman–Crippen LogP) is 2.68. The lowest BCUT2D eigenvalue weighted by Crippen LogP contribution is -2.46. The summed E-state index contributed by atoms with van der Waals surface area (Å²) in [6.45, 7) is 4.55. The zero-order chi connectivity index (χ0) is 18.9. The zero-order valence-corrected chi connectivity index (χ0v) is 16.0. The zero-order valence-electron chi connectivity index (χ0n) is 16.0. The average Bonchev–Trinajstić information content (AvgIpc) is 2.65. The molecule has 1 fully saturated rings. The van der Waals surface area contributed by atoms with Gasteiger partial charge in [-0.2, -0.15) is 0 Å². The molecule has 2 amide bonds. The van der Waals surface area contributed by atoms with E-state index in [0.29, 0.717) is 12.1 Å². The van der Waals surface area contributed by atoms with Crippen molar-refractivity contribution in [2.45, 2.75) is 64.3 Å². The highest BCUT2D eigenvalue weighted by molar-refractivity contribution is 5.82. The third-order valence-corrected chi connectivity index (χ3v) is 5.06. The van der Waals surface area contributed by atoms with E-state index in [-0.39, 0.29) is 25.1 Å². The molecule has 0 aliphatic heterocycles. The van der Waals surface area contributed by atoms with Crippen molar-refractivity contribution in [2.24, 2.45) is 0 Å². The summed E-state index contributed by atoms with van der Waals surface area (Å²) in [5.74, 6) is -0.165. The van der Waals surface area contributed by atoms with Crippen LogP contribution in [-0.2, 0) is 16.1 Å². The summed E-state index contributed by atoms with van der Waals surface area (Å²) in [4.78, 5) is 26.1. The van der Waals surface area contributed by atoms with E-state index in [1.165, 1.54) is 0 Å². The van der Waals surface area contributed by atoms with Gasteiger partial charge in [-0.05, 0) is 52.1 Å². The van der Waals surface area contributed by atoms with Gasteiger partial charge in [-0.15, -0.1) is 0 Å². The quantitative estimate of drug-likeness (QED) is 0.783. The fourth-order valence-electron chi connectivity index (χ4n) is 3.25. The number of rotatable bonds is 7. The number of nitrogens with zero attached hydrogens (tertiary/aromatic N) is 1. The minimum absolute atomic E-state index is 0.0561. The Hall–Kier alpha value is -2.08. The molecule has 0 radical (unpaired) electrons. The molecule has 1 aliphatic carbocycles. The summed E-state index contributed by atoms with van der Waals surface area (Å²) in [5.41, 5.74) is 0.912. The minimum atomic E-state index is -0.578. The topological polar surface area (TPSA) is 70.7 Å². The number of carbonyl (C=O) groups excluding carboxylic acids is 2. The van der Waals surface area contributed by atoms with Gasteiger partial charge in [0.2, 0.25) is 5.91 Å². The largest absolute Gasteiger partial charge is 0.445 e. The Kier molecular flexibility index (Phi) is 7.91. The number of carbonyl (C=O) groups is 2. The Morgan fingerprint density at radius 3 is 2.42 bits per heavy atom. The maximum Gasteiger partial charge on any atom is 0.407 e. The maximum atomic E-state index is 12.0. The Morgan fingerprint density at radius 1 is 1.15 bits per heavy atom. The number of hydrogen-bond donors (Lipinski definition) is 2. The van der Waals surface area contributed by atoms with Crippen LogP contribution in [0, 0.1) is 0 Å². The van der Waals surface area contributed by atoms with E-state index in [1.54, 1.807) is 0 Å². The fourth-order valence-corrected chi connectivity index (χ4v) is 3.25. The molecule has 0 heterocycles. The molecular formula is C20H31N3O3. The molecule has 1 aromatic carbocycles. The highest BCUT2D eigenvalue weighted by Crippen LogP contribution is 2.23. The van der Waals surface area contributed by atoms with Crippen LogP contribution < -0.4 is 10.6 Å². The first-order valence-electron chi connectivity index (χ1n) is 9.41. The van der Waals surface area contributed by atoms with Crippen LogP contribution in [0.15, 0.2) is 30.3 Å². The highest BCUT2D eigenvalue weighted by Gasteiger charge is 2.25. The number of benzene rings is 1. The van der Waals surface area contributed by atoms with Crippen LogP contribution >= 0.6 is 0 Å². The van der Waals surface area contributed by atoms with Crippen molar-refractivity contribution < 1.29 is 14.3 Å².